The van der Waals surface area contributed by atoms with E-state index in [9.17, 15) is 22.9 Å². The molecule has 0 unspecified atom stereocenters. The van der Waals surface area contributed by atoms with Crippen LogP contribution in [0.15, 0.2) is 119 Å². The van der Waals surface area contributed by atoms with Crippen molar-refractivity contribution in [1.82, 2.24) is 17.9 Å². The highest BCUT2D eigenvalue weighted by molar-refractivity contribution is 7.90. The van der Waals surface area contributed by atoms with Gasteiger partial charge in [0, 0.05) is 65.0 Å². The molecule has 0 saturated heterocycles. The second kappa shape index (κ2) is 12.4. The van der Waals surface area contributed by atoms with Crippen LogP contribution in [0.5, 0.6) is 11.5 Å². The van der Waals surface area contributed by atoms with E-state index in [0.717, 1.165) is 9.54 Å². The highest BCUT2D eigenvalue weighted by atomic mass is 32.2. The van der Waals surface area contributed by atoms with Gasteiger partial charge in [0.15, 0.2) is 5.65 Å². The number of hydrogen-bond donors (Lipinski definition) is 0. The molecule has 0 N–H and O–H groups in total. The molecule has 7 aromatic rings. The topological polar surface area (TPSA) is 121 Å². The molecule has 0 aliphatic heterocycles. The molecule has 4 heterocycles. The fourth-order valence-electron chi connectivity index (χ4n) is 6.00. The van der Waals surface area contributed by atoms with Gasteiger partial charge < -0.3 is 18.4 Å². The summed E-state index contributed by atoms with van der Waals surface area (Å²) in [5.41, 5.74) is 3.42. The quantitative estimate of drug-likeness (QED) is 0.184. The number of nitrogens with zero attached hydrogens (tertiary/aromatic N) is 5. The molecule has 49 heavy (non-hydrogen) atoms. The van der Waals surface area contributed by atoms with Gasteiger partial charge >= 0.3 is 0 Å². The van der Waals surface area contributed by atoms with E-state index in [0.29, 0.717) is 44.8 Å². The lowest BCUT2D eigenvalue weighted by atomic mass is 10.1. The standard InChI is InChI=1S/C37H28FN5O5S/c1-47-29-12-11-25(35(18-29)48-2)20-41-22-28(16-24-10-13-33(38)26(15-24)19-39)42-21-27(17-34(42)37(41)44)32-23-43(36-31(32)9-6-14-40-36)49(45,46)30-7-4-3-5-8-30/h3-15,17-18,21-23H,16,20H2,1-2H3. The zero-order valence-electron chi connectivity index (χ0n) is 26.4. The van der Waals surface area contributed by atoms with Gasteiger partial charge in [0.2, 0.25) is 0 Å². The van der Waals surface area contributed by atoms with Crippen LogP contribution in [0.1, 0.15) is 22.4 Å². The molecular formula is C37H28FN5O5S. The molecule has 12 heteroatoms. The molecule has 0 atom stereocenters. The van der Waals surface area contributed by atoms with Gasteiger partial charge in [0.1, 0.15) is 28.9 Å². The Balaban J connectivity index is 1.42. The Morgan fingerprint density at radius 3 is 2.49 bits per heavy atom. The molecule has 0 aliphatic rings. The number of pyridine rings is 1. The van der Waals surface area contributed by atoms with Gasteiger partial charge in [-0.3, -0.25) is 4.79 Å². The van der Waals surface area contributed by atoms with Crippen LogP contribution in [0.2, 0.25) is 0 Å². The summed E-state index contributed by atoms with van der Waals surface area (Å²) in [7, 11) is -0.901. The molecule has 4 aromatic heterocycles. The molecule has 0 radical (unpaired) electrons. The molecule has 3 aromatic carbocycles. The van der Waals surface area contributed by atoms with Gasteiger partial charge in [0.05, 0.1) is 31.2 Å². The maximum atomic E-state index is 14.2. The summed E-state index contributed by atoms with van der Waals surface area (Å²) in [6, 6.07) is 24.9. The van der Waals surface area contributed by atoms with E-state index < -0.39 is 15.8 Å². The number of benzene rings is 3. The van der Waals surface area contributed by atoms with E-state index in [4.69, 9.17) is 9.47 Å². The maximum absolute atomic E-state index is 14.2. The number of fused-ring (bicyclic) bond motifs is 2. The average molecular weight is 674 g/mol. The number of rotatable bonds is 9. The summed E-state index contributed by atoms with van der Waals surface area (Å²) in [6.45, 7) is 0.168. The molecule has 0 fully saturated rings. The van der Waals surface area contributed by atoms with E-state index in [1.807, 2.05) is 12.1 Å². The van der Waals surface area contributed by atoms with Gasteiger partial charge in [-0.15, -0.1) is 0 Å². The van der Waals surface area contributed by atoms with Crippen molar-refractivity contribution in [3.05, 3.63) is 148 Å². The van der Waals surface area contributed by atoms with E-state index in [1.54, 1.807) is 90.2 Å². The first-order chi connectivity index (χ1) is 23.7. The van der Waals surface area contributed by atoms with Gasteiger partial charge in [-0.05, 0) is 60.2 Å². The van der Waals surface area contributed by atoms with Crippen LogP contribution >= 0.6 is 0 Å². The zero-order chi connectivity index (χ0) is 34.3. The highest BCUT2D eigenvalue weighted by Gasteiger charge is 2.24. The average Bonchev–Trinajstić information content (AvgIpc) is 3.75. The molecular weight excluding hydrogens is 646 g/mol. The number of aromatic nitrogens is 4. The third-order valence-electron chi connectivity index (χ3n) is 8.43. The predicted octanol–water partition coefficient (Wildman–Crippen LogP) is 6.02. The molecule has 0 bridgehead atoms. The van der Waals surface area contributed by atoms with Crippen LogP contribution < -0.4 is 15.0 Å². The monoisotopic (exact) mass is 673 g/mol. The van der Waals surface area contributed by atoms with Gasteiger partial charge in [-0.2, -0.15) is 5.26 Å². The van der Waals surface area contributed by atoms with Crippen molar-refractivity contribution in [3.63, 3.8) is 0 Å². The third-order valence-corrected chi connectivity index (χ3v) is 10.1. The van der Waals surface area contributed by atoms with Crippen molar-refractivity contribution in [3.8, 4) is 28.7 Å². The Bertz CT molecular complexity index is 2600. The second-order valence-electron chi connectivity index (χ2n) is 11.3. The summed E-state index contributed by atoms with van der Waals surface area (Å²) >= 11 is 0. The normalized spacial score (nSPS) is 11.6. The molecule has 0 amide bonds. The summed E-state index contributed by atoms with van der Waals surface area (Å²) < 4.78 is 57.1. The Kier molecular flexibility index (Phi) is 7.98. The first-order valence-electron chi connectivity index (χ1n) is 15.1. The van der Waals surface area contributed by atoms with E-state index in [-0.39, 0.29) is 34.6 Å². The zero-order valence-corrected chi connectivity index (χ0v) is 27.2. The number of nitriles is 1. The fourth-order valence-corrected chi connectivity index (χ4v) is 7.35. The Hall–Kier alpha value is -6.19. The first kappa shape index (κ1) is 31.4. The number of hydrogen-bond acceptors (Lipinski definition) is 7. The van der Waals surface area contributed by atoms with Crippen LogP contribution in [-0.2, 0) is 23.0 Å². The minimum atomic E-state index is -4.00. The molecule has 0 spiro atoms. The van der Waals surface area contributed by atoms with Crippen molar-refractivity contribution in [2.75, 3.05) is 14.2 Å². The van der Waals surface area contributed by atoms with Gasteiger partial charge in [-0.1, -0.05) is 24.3 Å². The third kappa shape index (κ3) is 5.60. The van der Waals surface area contributed by atoms with Crippen molar-refractivity contribution < 1.29 is 22.3 Å². The Morgan fingerprint density at radius 2 is 1.73 bits per heavy atom. The van der Waals surface area contributed by atoms with E-state index >= 15 is 0 Å². The van der Waals surface area contributed by atoms with Crippen LogP contribution in [-0.4, -0.2) is 40.6 Å². The van der Waals surface area contributed by atoms with Crippen LogP contribution in [0.25, 0.3) is 27.7 Å². The highest BCUT2D eigenvalue weighted by Crippen LogP contribution is 2.34. The minimum absolute atomic E-state index is 0.0850. The predicted molar refractivity (Wildman–Crippen MR) is 182 cm³/mol. The molecule has 0 saturated carbocycles. The van der Waals surface area contributed by atoms with E-state index in [1.165, 1.54) is 36.7 Å². The van der Waals surface area contributed by atoms with Gasteiger partial charge in [-0.25, -0.2) is 21.8 Å². The number of ether oxygens (including phenoxy) is 2. The summed E-state index contributed by atoms with van der Waals surface area (Å²) in [6.07, 6.45) is 6.81. The van der Waals surface area contributed by atoms with E-state index in [2.05, 4.69) is 4.98 Å². The summed E-state index contributed by atoms with van der Waals surface area (Å²) in [5.74, 6) is 0.528. The fraction of sp³-hybridized carbons (Fsp3) is 0.108. The van der Waals surface area contributed by atoms with Gasteiger partial charge in [0.25, 0.3) is 15.6 Å². The van der Waals surface area contributed by atoms with Crippen molar-refractivity contribution in [1.29, 1.82) is 5.26 Å². The molecule has 10 nitrogen and oxygen atoms in total. The smallest absolute Gasteiger partial charge is 0.275 e. The molecule has 244 valence electrons. The van der Waals surface area contributed by atoms with Crippen molar-refractivity contribution >= 4 is 26.6 Å². The second-order valence-corrected chi connectivity index (χ2v) is 13.2. The maximum Gasteiger partial charge on any atom is 0.275 e. The largest absolute Gasteiger partial charge is 0.497 e. The van der Waals surface area contributed by atoms with Crippen LogP contribution in [0.3, 0.4) is 0 Å². The minimum Gasteiger partial charge on any atom is -0.497 e. The van der Waals surface area contributed by atoms with Crippen molar-refractivity contribution in [2.45, 2.75) is 17.9 Å². The first-order valence-corrected chi connectivity index (χ1v) is 16.6. The number of methoxy groups -OCH3 is 2. The lowest BCUT2D eigenvalue weighted by Crippen LogP contribution is -2.24. The van der Waals surface area contributed by atoms with Crippen LogP contribution in [0.4, 0.5) is 4.39 Å². The summed E-state index contributed by atoms with van der Waals surface area (Å²) in [5, 5.41) is 10.0. The molecule has 7 rings (SSSR count). The summed E-state index contributed by atoms with van der Waals surface area (Å²) in [4.78, 5) is 18.7. The Morgan fingerprint density at radius 1 is 0.918 bits per heavy atom. The Labute approximate surface area is 280 Å². The van der Waals surface area contributed by atoms with Crippen LogP contribution in [0, 0.1) is 17.1 Å². The lowest BCUT2D eigenvalue weighted by Gasteiger charge is -2.15. The van der Waals surface area contributed by atoms with Crippen molar-refractivity contribution in [2.24, 2.45) is 0 Å². The number of halogens is 1. The lowest BCUT2D eigenvalue weighted by molar-refractivity contribution is 0.390. The SMILES string of the molecule is COc1ccc(Cn2cc(Cc3ccc(F)c(C#N)c3)n3cc(-c4cn(S(=O)(=O)c5ccccc5)c5ncccc45)cc3c2=O)c(OC)c1. The molecule has 0 aliphatic carbocycles.